The Labute approximate surface area is 292 Å². The van der Waals surface area contributed by atoms with Crippen molar-refractivity contribution in [1.29, 1.82) is 0 Å². The molecule has 1 aromatic heterocycles. The first-order chi connectivity index (χ1) is 23.6. The van der Waals surface area contributed by atoms with Crippen molar-refractivity contribution in [3.05, 3.63) is 107 Å². The summed E-state index contributed by atoms with van der Waals surface area (Å²) in [6.07, 6.45) is 5.19. The molecule has 6 rings (SSSR count). The number of carbonyl (C=O) groups excluding carboxylic acids is 2. The number of amidine groups is 1. The molecule has 6 N–H and O–H groups in total. The van der Waals surface area contributed by atoms with E-state index in [1.165, 1.54) is 11.6 Å². The van der Waals surface area contributed by atoms with E-state index in [0.717, 1.165) is 57.0 Å². The third-order valence-corrected chi connectivity index (χ3v) is 9.45. The summed E-state index contributed by atoms with van der Waals surface area (Å²) in [5, 5.41) is 16.3. The number of benzene rings is 3. The number of H-pyrrole nitrogens is 1. The number of rotatable bonds is 5. The number of nitrogens with two attached hydrogens (primary N) is 1. The minimum atomic E-state index is -0.147. The van der Waals surface area contributed by atoms with Crippen molar-refractivity contribution in [3.63, 3.8) is 0 Å². The lowest BCUT2D eigenvalue weighted by atomic mass is 10.0. The Morgan fingerprint density at radius 2 is 1.94 bits per heavy atom. The van der Waals surface area contributed by atoms with Gasteiger partial charge in [-0.3, -0.25) is 9.79 Å². The van der Waals surface area contributed by atoms with Crippen molar-refractivity contribution in [3.8, 4) is 0 Å². The number of aryl methyl sites for hydroxylation is 1. The molecule has 4 aromatic rings. The van der Waals surface area contributed by atoms with Gasteiger partial charge in [0.2, 0.25) is 0 Å². The number of likely N-dealkylation sites (N-methyl/N-ethyl adjacent to an activating group) is 1. The van der Waals surface area contributed by atoms with E-state index in [4.69, 9.17) is 23.1 Å². The number of nitrogens with one attached hydrogen (secondary N) is 3. The molecule has 49 heavy (non-hydrogen) atoms. The number of hydrogen-bond acceptors (Lipinski definition) is 6. The number of aromatic nitrogens is 1. The smallest absolute Gasteiger partial charge is 0.318 e. The van der Waals surface area contributed by atoms with Crippen LogP contribution in [0.2, 0.25) is 0 Å². The van der Waals surface area contributed by atoms with Crippen LogP contribution in [0.4, 0.5) is 16.2 Å². The van der Waals surface area contributed by atoms with Gasteiger partial charge in [0.15, 0.2) is 0 Å². The van der Waals surface area contributed by atoms with Gasteiger partial charge >= 0.3 is 6.03 Å². The number of hydrogen-bond donors (Lipinski definition) is 5. The number of carbonyl (C=O) groups is 2. The highest BCUT2D eigenvalue weighted by molar-refractivity contribution is 7.80. The summed E-state index contributed by atoms with van der Waals surface area (Å²) in [7, 11) is 5.51. The van der Waals surface area contributed by atoms with E-state index in [-0.39, 0.29) is 31.1 Å². The number of aromatic amines is 1. The van der Waals surface area contributed by atoms with Gasteiger partial charge in [0.25, 0.3) is 5.91 Å². The largest absolute Gasteiger partial charge is 0.404 e. The van der Waals surface area contributed by atoms with Gasteiger partial charge in [0, 0.05) is 63.3 Å². The van der Waals surface area contributed by atoms with Crippen LogP contribution in [0, 0.1) is 6.92 Å². The molecule has 0 aliphatic carbocycles. The number of anilines is 2. The molecular formula is C37H44N8O3S. The molecule has 12 heteroatoms. The quantitative estimate of drug-likeness (QED) is 0.183. The number of urea groups is 1. The van der Waals surface area contributed by atoms with E-state index in [0.29, 0.717) is 24.5 Å². The van der Waals surface area contributed by atoms with Crippen LogP contribution in [0.1, 0.15) is 39.9 Å². The molecule has 0 spiro atoms. The van der Waals surface area contributed by atoms with Gasteiger partial charge in [-0.15, -0.1) is 0 Å². The SMILES string of the molecule is CN=C1Nc2ccccc2N(C(=O)c2ccc(CNC(=O)N3CCCC3C(=S)N(C)C)c(C)c2)C/C1=C/N.OCc1ccc2cc[nH]c2c1. The fourth-order valence-corrected chi connectivity index (χ4v) is 6.32. The number of likely N-dealkylation sites (tertiary alicyclic amines) is 1. The normalized spacial score (nSPS) is 17.2. The number of aliphatic hydroxyl groups is 1. The van der Waals surface area contributed by atoms with Crippen LogP contribution >= 0.6 is 12.2 Å². The van der Waals surface area contributed by atoms with Crippen LogP contribution in [0.3, 0.4) is 0 Å². The summed E-state index contributed by atoms with van der Waals surface area (Å²) in [5.74, 6) is 0.482. The Kier molecular flexibility index (Phi) is 11.3. The summed E-state index contributed by atoms with van der Waals surface area (Å²) in [6.45, 7) is 3.39. The highest BCUT2D eigenvalue weighted by atomic mass is 32.1. The number of amides is 3. The Hall–Kier alpha value is -5.20. The first kappa shape index (κ1) is 35.1. The van der Waals surface area contributed by atoms with Crippen molar-refractivity contribution >= 4 is 57.3 Å². The van der Waals surface area contributed by atoms with Gasteiger partial charge in [-0.1, -0.05) is 42.5 Å². The van der Waals surface area contributed by atoms with E-state index in [1.807, 2.05) is 97.7 Å². The molecule has 0 saturated carbocycles. The standard InChI is InChI=1S/C28H35N7O2S.C9H9NO/c1-18-14-19(11-12-20(18)16-31-28(37)34-13-7-10-24(34)27(38)33(3)4)26(36)35-17-21(15-29)25(30-2)32-22-8-5-6-9-23(22)35;11-6-7-1-2-8-3-4-10-9(8)5-7/h5-6,8-9,11-12,14-15,24H,7,10,13,16-17,29H2,1-4H3,(H,30,32)(H,31,37);1-5,10-11H,6H2/b21-15-;. The van der Waals surface area contributed by atoms with E-state index < -0.39 is 0 Å². The third-order valence-electron chi connectivity index (χ3n) is 8.81. The van der Waals surface area contributed by atoms with Crippen LogP contribution in [0.15, 0.2) is 89.7 Å². The molecule has 0 radical (unpaired) electrons. The van der Waals surface area contributed by atoms with Crippen LogP contribution in [0.5, 0.6) is 0 Å². The second-order valence-corrected chi connectivity index (χ2v) is 12.7. The Morgan fingerprint density at radius 3 is 2.65 bits per heavy atom. The molecular weight excluding hydrogens is 637 g/mol. The first-order valence-corrected chi connectivity index (χ1v) is 16.6. The predicted molar refractivity (Wildman–Crippen MR) is 201 cm³/mol. The van der Waals surface area contributed by atoms with Gasteiger partial charge in [-0.05, 0) is 78.2 Å². The van der Waals surface area contributed by atoms with Crippen molar-refractivity contribution < 1.29 is 14.7 Å². The maximum atomic E-state index is 13.7. The lowest BCUT2D eigenvalue weighted by Crippen LogP contribution is -2.48. The molecule has 3 aromatic carbocycles. The number of nitrogens with zero attached hydrogens (tertiary/aromatic N) is 4. The van der Waals surface area contributed by atoms with Crippen LogP contribution in [-0.2, 0) is 13.2 Å². The summed E-state index contributed by atoms with van der Waals surface area (Å²) in [4.78, 5) is 40.3. The molecule has 1 saturated heterocycles. The van der Waals surface area contributed by atoms with Crippen molar-refractivity contribution in [2.45, 2.75) is 39.0 Å². The van der Waals surface area contributed by atoms with Gasteiger partial charge in [0.1, 0.15) is 10.8 Å². The third kappa shape index (κ3) is 7.93. The molecule has 1 unspecified atom stereocenters. The van der Waals surface area contributed by atoms with Gasteiger partial charge < -0.3 is 41.2 Å². The van der Waals surface area contributed by atoms with Gasteiger partial charge in [-0.2, -0.15) is 0 Å². The molecule has 3 heterocycles. The lowest BCUT2D eigenvalue weighted by molar-refractivity contribution is 0.0989. The molecule has 2 aliphatic rings. The molecule has 3 amide bonds. The maximum Gasteiger partial charge on any atom is 0.318 e. The van der Waals surface area contributed by atoms with Crippen molar-refractivity contribution in [2.24, 2.45) is 10.7 Å². The fourth-order valence-electron chi connectivity index (χ4n) is 6.08. The van der Waals surface area contributed by atoms with E-state index in [9.17, 15) is 9.59 Å². The molecule has 11 nitrogen and oxygen atoms in total. The van der Waals surface area contributed by atoms with Gasteiger partial charge in [0.05, 0.1) is 30.6 Å². The predicted octanol–water partition coefficient (Wildman–Crippen LogP) is 5.16. The minimum Gasteiger partial charge on any atom is -0.404 e. The number of para-hydroxylation sites is 2. The monoisotopic (exact) mass is 680 g/mol. The van der Waals surface area contributed by atoms with Crippen molar-refractivity contribution in [1.82, 2.24) is 20.1 Å². The maximum absolute atomic E-state index is 13.7. The zero-order valence-electron chi connectivity index (χ0n) is 28.4. The Morgan fingerprint density at radius 1 is 1.14 bits per heavy atom. The zero-order chi connectivity index (χ0) is 35.1. The summed E-state index contributed by atoms with van der Waals surface area (Å²) in [5.41, 5.74) is 12.6. The molecule has 1 atom stereocenters. The molecule has 256 valence electrons. The van der Waals surface area contributed by atoms with E-state index in [2.05, 4.69) is 20.6 Å². The zero-order valence-corrected chi connectivity index (χ0v) is 29.2. The fraction of sp³-hybridized carbons (Fsp3) is 0.297. The highest BCUT2D eigenvalue weighted by Crippen LogP contribution is 2.31. The van der Waals surface area contributed by atoms with Crippen molar-refractivity contribution in [2.75, 3.05) is 44.4 Å². The minimum absolute atomic E-state index is 0.0576. The van der Waals surface area contributed by atoms with Crippen LogP contribution in [0.25, 0.3) is 10.9 Å². The number of thiocarbonyl (C=S) groups is 1. The summed E-state index contributed by atoms with van der Waals surface area (Å²) in [6, 6.07) is 20.9. The lowest BCUT2D eigenvalue weighted by Gasteiger charge is -2.28. The van der Waals surface area contributed by atoms with Crippen LogP contribution < -0.4 is 21.3 Å². The Bertz CT molecular complexity index is 1900. The molecule has 1 fully saturated rings. The topological polar surface area (TPSA) is 142 Å². The second kappa shape index (κ2) is 15.8. The first-order valence-electron chi connectivity index (χ1n) is 16.2. The number of aliphatic imine (C=N–C) groups is 1. The van der Waals surface area contributed by atoms with Crippen LogP contribution in [-0.4, -0.2) is 82.9 Å². The molecule has 2 aliphatic heterocycles. The average Bonchev–Trinajstić information content (AvgIpc) is 3.77. The van der Waals surface area contributed by atoms with E-state index >= 15 is 0 Å². The number of fused-ring (bicyclic) bond motifs is 2. The second-order valence-electron chi connectivity index (χ2n) is 12.2. The highest BCUT2D eigenvalue weighted by Gasteiger charge is 2.32. The summed E-state index contributed by atoms with van der Waals surface area (Å²) < 4.78 is 0. The van der Waals surface area contributed by atoms with Gasteiger partial charge in [-0.25, -0.2) is 4.79 Å². The Balaban J connectivity index is 0.000000357. The number of aliphatic hydroxyl groups excluding tert-OH is 1. The average molecular weight is 681 g/mol. The summed E-state index contributed by atoms with van der Waals surface area (Å²) >= 11 is 5.53. The van der Waals surface area contributed by atoms with E-state index in [1.54, 1.807) is 18.0 Å². The molecule has 0 bridgehead atoms.